The third-order valence-electron chi connectivity index (χ3n) is 3.03. The average Bonchev–Trinajstić information content (AvgIpc) is 2.52. The first kappa shape index (κ1) is 15.3. The molecule has 0 heterocycles. The molecule has 2 aromatic rings. The van der Waals surface area contributed by atoms with E-state index in [0.717, 1.165) is 16.7 Å². The fourth-order valence-corrected chi connectivity index (χ4v) is 2.01. The molecule has 2 aromatic carbocycles. The van der Waals surface area contributed by atoms with Gasteiger partial charge >= 0.3 is 6.09 Å². The first-order valence-corrected chi connectivity index (χ1v) is 7.63. The van der Waals surface area contributed by atoms with E-state index in [1.807, 2.05) is 81.4 Å². The highest BCUT2D eigenvalue weighted by atomic mass is 16.6. The Labute approximate surface area is 139 Å². The summed E-state index contributed by atoms with van der Waals surface area (Å²) in [6, 6.07) is 17.7. The summed E-state index contributed by atoms with van der Waals surface area (Å²) in [5.41, 5.74) is 2.10. The van der Waals surface area contributed by atoms with Gasteiger partial charge in [-0.1, -0.05) is 66.7 Å². The largest absolute Gasteiger partial charge is 0.444 e. The van der Waals surface area contributed by atoms with Gasteiger partial charge in [0.25, 0.3) is 0 Å². The second kappa shape index (κ2) is 7.63. The van der Waals surface area contributed by atoms with Crippen molar-refractivity contribution in [2.45, 2.75) is 32.9 Å². The molecule has 0 aliphatic rings. The van der Waals surface area contributed by atoms with Gasteiger partial charge < -0.3 is 10.1 Å². The van der Waals surface area contributed by atoms with E-state index in [2.05, 4.69) is 5.32 Å². The van der Waals surface area contributed by atoms with Gasteiger partial charge in [-0.05, 0) is 37.5 Å². The molecule has 0 bridgehead atoms. The lowest BCUT2D eigenvalue weighted by Crippen LogP contribution is -2.32. The number of hydrogen-bond acceptors (Lipinski definition) is 2. The van der Waals surface area contributed by atoms with Gasteiger partial charge in [-0.3, -0.25) is 0 Å². The van der Waals surface area contributed by atoms with Crippen LogP contribution >= 0.6 is 0 Å². The molecule has 0 saturated heterocycles. The molecule has 2 rings (SSSR count). The Balaban J connectivity index is 2.13. The third-order valence-corrected chi connectivity index (χ3v) is 3.03. The number of alkyl carbamates (subject to hydrolysis) is 1. The number of hydrogen-bond donors (Lipinski definition) is 1. The van der Waals surface area contributed by atoms with Gasteiger partial charge in [0, 0.05) is 6.54 Å². The minimum absolute atomic E-state index is 0.316. The van der Waals surface area contributed by atoms with Crippen LogP contribution in [-0.4, -0.2) is 11.7 Å². The predicted molar refractivity (Wildman–Crippen MR) is 94.9 cm³/mol. The Morgan fingerprint density at radius 2 is 1.78 bits per heavy atom. The third kappa shape index (κ3) is 5.99. The quantitative estimate of drug-likeness (QED) is 0.817. The van der Waals surface area contributed by atoms with Crippen molar-refractivity contribution in [3.8, 4) is 0 Å². The van der Waals surface area contributed by atoms with Gasteiger partial charge in [0.05, 0.1) is 1.37 Å². The Kier molecular flexibility index (Phi) is 5.09. The summed E-state index contributed by atoms with van der Waals surface area (Å²) in [5, 5.41) is 2.74. The van der Waals surface area contributed by atoms with E-state index >= 15 is 0 Å². The average molecular weight is 310 g/mol. The van der Waals surface area contributed by atoms with Crippen molar-refractivity contribution in [1.29, 1.82) is 0 Å². The minimum atomic E-state index is -0.530. The van der Waals surface area contributed by atoms with Gasteiger partial charge in [-0.2, -0.15) is 0 Å². The highest BCUT2D eigenvalue weighted by Crippen LogP contribution is 2.14. The summed E-state index contributed by atoms with van der Waals surface area (Å²) in [7, 11) is 0. The van der Waals surface area contributed by atoms with E-state index < -0.39 is 11.7 Å². The number of carbonyl (C=O) groups is 1. The molecular weight excluding hydrogens is 286 g/mol. The smallest absolute Gasteiger partial charge is 0.407 e. The van der Waals surface area contributed by atoms with E-state index in [9.17, 15) is 4.79 Å². The molecule has 0 aromatic heterocycles. The van der Waals surface area contributed by atoms with Crippen molar-refractivity contribution in [3.63, 3.8) is 0 Å². The summed E-state index contributed by atoms with van der Waals surface area (Å²) in [4.78, 5) is 11.8. The zero-order valence-corrected chi connectivity index (χ0v) is 13.8. The van der Waals surface area contributed by atoms with Crippen molar-refractivity contribution in [1.82, 2.24) is 5.32 Å². The van der Waals surface area contributed by atoms with Crippen molar-refractivity contribution in [3.05, 3.63) is 71.3 Å². The summed E-state index contributed by atoms with van der Waals surface area (Å²) in [6.45, 7) is 5.79. The summed E-state index contributed by atoms with van der Waals surface area (Å²) >= 11 is 0. The maximum atomic E-state index is 11.8. The van der Waals surface area contributed by atoms with Crippen LogP contribution in [0.5, 0.6) is 0 Å². The normalized spacial score (nSPS) is 12.5. The van der Waals surface area contributed by atoms with Gasteiger partial charge in [-0.15, -0.1) is 0 Å². The summed E-state index contributed by atoms with van der Waals surface area (Å²) in [6.07, 6.45) is 1.35. The topological polar surface area (TPSA) is 38.3 Å². The van der Waals surface area contributed by atoms with Crippen molar-refractivity contribution < 1.29 is 10.9 Å². The summed E-state index contributed by atoms with van der Waals surface area (Å²) in [5.74, 6) is 0. The van der Waals surface area contributed by atoms with Crippen LogP contribution < -0.4 is 5.32 Å². The molecule has 0 fully saturated rings. The number of carbonyl (C=O) groups excluding carboxylic acids is 1. The molecule has 0 unspecified atom stereocenters. The van der Waals surface area contributed by atoms with E-state index in [1.54, 1.807) is 0 Å². The molecule has 23 heavy (non-hydrogen) atoms. The Hall–Kier alpha value is -2.55. The number of rotatable bonds is 4. The number of benzene rings is 2. The Morgan fingerprint density at radius 1 is 1.13 bits per heavy atom. The highest BCUT2D eigenvalue weighted by molar-refractivity contribution is 5.72. The molecule has 1 N–H and O–H groups in total. The molecule has 0 saturated carbocycles. The van der Waals surface area contributed by atoms with Crippen LogP contribution in [0.1, 0.15) is 38.8 Å². The zero-order valence-electron chi connectivity index (χ0n) is 14.8. The minimum Gasteiger partial charge on any atom is -0.444 e. The van der Waals surface area contributed by atoms with Crippen molar-refractivity contribution in [2.24, 2.45) is 0 Å². The zero-order chi connectivity index (χ0) is 17.6. The van der Waals surface area contributed by atoms with Gasteiger partial charge in [-0.25, -0.2) is 4.79 Å². The van der Waals surface area contributed by atoms with Gasteiger partial charge in [0.1, 0.15) is 5.60 Å². The number of ether oxygens (including phenoxy) is 1. The molecule has 0 aliphatic carbocycles. The molecule has 0 atom stereocenters. The van der Waals surface area contributed by atoms with Crippen LogP contribution in [0.4, 0.5) is 4.79 Å². The monoisotopic (exact) mass is 310 g/mol. The Morgan fingerprint density at radius 3 is 2.48 bits per heavy atom. The standard InChI is InChI=1S/C20H23NO2/c1-20(2,3)23-19(22)21-15-18-12-8-7-11-17(18)14-13-16-9-5-4-6-10-16/h4-14H,15H2,1-3H3,(H,21,22)/b14-13+/i14D. The molecule has 0 spiro atoms. The Bertz CT molecular complexity index is 718. The summed E-state index contributed by atoms with van der Waals surface area (Å²) < 4.78 is 13.6. The predicted octanol–water partition coefficient (Wildman–Crippen LogP) is 4.88. The number of nitrogens with one attached hydrogen (secondary N) is 1. The van der Waals surface area contributed by atoms with E-state index in [0.29, 0.717) is 12.6 Å². The first-order valence-electron chi connectivity index (χ1n) is 8.13. The lowest BCUT2D eigenvalue weighted by molar-refractivity contribution is 0.0523. The highest BCUT2D eigenvalue weighted by Gasteiger charge is 2.15. The van der Waals surface area contributed by atoms with Gasteiger partial charge in [0.2, 0.25) is 0 Å². The molecule has 120 valence electrons. The van der Waals surface area contributed by atoms with Gasteiger partial charge in [0.15, 0.2) is 0 Å². The second-order valence-corrected chi connectivity index (χ2v) is 6.21. The number of amides is 1. The molecular formula is C20H23NO2. The van der Waals surface area contributed by atoms with Crippen molar-refractivity contribution >= 4 is 18.2 Å². The molecule has 0 aliphatic heterocycles. The molecule has 0 radical (unpaired) electrons. The molecule has 1 amide bonds. The fraction of sp³-hybridized carbons (Fsp3) is 0.250. The molecule has 3 heteroatoms. The van der Waals surface area contributed by atoms with Crippen LogP contribution in [0.25, 0.3) is 12.1 Å². The van der Waals surface area contributed by atoms with E-state index in [4.69, 9.17) is 6.11 Å². The molecule has 3 nitrogen and oxygen atoms in total. The van der Waals surface area contributed by atoms with Crippen LogP contribution in [0.3, 0.4) is 0 Å². The lowest BCUT2D eigenvalue weighted by Gasteiger charge is -2.19. The lowest BCUT2D eigenvalue weighted by atomic mass is 10.1. The SMILES string of the molecule is [2H]/C(=C\c1ccccc1)c1ccccc1CNC(=O)OC(C)(C)C. The van der Waals surface area contributed by atoms with Crippen LogP contribution in [0, 0.1) is 0 Å². The van der Waals surface area contributed by atoms with E-state index in [1.165, 1.54) is 0 Å². The van der Waals surface area contributed by atoms with Crippen LogP contribution in [0.15, 0.2) is 54.6 Å². The van der Waals surface area contributed by atoms with Crippen molar-refractivity contribution in [2.75, 3.05) is 0 Å². The van der Waals surface area contributed by atoms with Crippen LogP contribution in [0.2, 0.25) is 0 Å². The van der Waals surface area contributed by atoms with Crippen LogP contribution in [-0.2, 0) is 11.3 Å². The second-order valence-electron chi connectivity index (χ2n) is 6.21. The van der Waals surface area contributed by atoms with E-state index in [-0.39, 0.29) is 0 Å². The first-order chi connectivity index (χ1) is 11.3. The maximum absolute atomic E-state index is 11.8. The fourth-order valence-electron chi connectivity index (χ4n) is 2.01. The maximum Gasteiger partial charge on any atom is 0.407 e.